The average Bonchev–Trinajstić information content (AvgIpc) is 3.05. The number of aromatic nitrogens is 1. The van der Waals surface area contributed by atoms with Crippen molar-refractivity contribution < 1.29 is 0 Å². The third-order valence-electron chi connectivity index (χ3n) is 4.31. The first-order chi connectivity index (χ1) is 9.25. The second-order valence-corrected chi connectivity index (χ2v) is 6.89. The number of halogens is 1. The molecule has 2 aliphatic rings. The smallest absolute Gasteiger partial charge is 0.180 e. The maximum atomic E-state index is 5.71. The van der Waals surface area contributed by atoms with Crippen LogP contribution in [0.25, 0.3) is 0 Å². The quantitative estimate of drug-likeness (QED) is 0.926. The molecule has 106 valence electrons. The van der Waals surface area contributed by atoms with Crippen molar-refractivity contribution in [2.45, 2.75) is 31.3 Å². The fraction of sp³-hybridized carbons (Fsp3) is 0.400. The Hall–Kier alpha value is -1.10. The van der Waals surface area contributed by atoms with Crippen LogP contribution in [-0.4, -0.2) is 16.4 Å². The number of hydrogen-bond donors (Lipinski definition) is 1. The molecule has 0 amide bonds. The van der Waals surface area contributed by atoms with Crippen LogP contribution in [0.4, 0.5) is 5.13 Å². The first kappa shape index (κ1) is 13.9. The van der Waals surface area contributed by atoms with Gasteiger partial charge in [-0.3, -0.25) is 4.90 Å². The van der Waals surface area contributed by atoms with Gasteiger partial charge in [0.25, 0.3) is 0 Å². The highest BCUT2D eigenvalue weighted by Crippen LogP contribution is 2.52. The number of thiazole rings is 1. The zero-order valence-electron chi connectivity index (χ0n) is 11.2. The van der Waals surface area contributed by atoms with E-state index in [1.807, 2.05) is 6.20 Å². The van der Waals surface area contributed by atoms with Gasteiger partial charge in [0, 0.05) is 36.1 Å². The monoisotopic (exact) mass is 307 g/mol. The van der Waals surface area contributed by atoms with Crippen LogP contribution >= 0.6 is 23.7 Å². The summed E-state index contributed by atoms with van der Waals surface area (Å²) in [5.41, 5.74) is 9.26. The molecule has 5 heteroatoms. The van der Waals surface area contributed by atoms with Gasteiger partial charge in [-0.25, -0.2) is 4.98 Å². The summed E-state index contributed by atoms with van der Waals surface area (Å²) in [5.74, 6) is 0. The Bertz CT molecular complexity index is 621. The maximum absolute atomic E-state index is 5.71. The molecule has 1 aromatic heterocycles. The number of hydrogen-bond acceptors (Lipinski definition) is 4. The van der Waals surface area contributed by atoms with Crippen molar-refractivity contribution in [1.82, 2.24) is 9.88 Å². The lowest BCUT2D eigenvalue weighted by molar-refractivity contribution is 0.215. The molecule has 1 aromatic carbocycles. The third-order valence-corrected chi connectivity index (χ3v) is 5.12. The van der Waals surface area contributed by atoms with E-state index >= 15 is 0 Å². The zero-order valence-corrected chi connectivity index (χ0v) is 12.8. The van der Waals surface area contributed by atoms with Crippen molar-refractivity contribution in [3.63, 3.8) is 0 Å². The average molecular weight is 308 g/mol. The molecule has 0 atom stereocenters. The van der Waals surface area contributed by atoms with E-state index in [1.54, 1.807) is 16.9 Å². The van der Waals surface area contributed by atoms with E-state index in [2.05, 4.69) is 34.1 Å². The minimum absolute atomic E-state index is 0. The third kappa shape index (κ3) is 2.32. The Labute approximate surface area is 129 Å². The minimum atomic E-state index is 0. The van der Waals surface area contributed by atoms with Crippen LogP contribution < -0.4 is 5.73 Å². The highest BCUT2D eigenvalue weighted by atomic mass is 35.5. The second-order valence-electron chi connectivity index (χ2n) is 5.75. The number of nitrogens with zero attached hydrogens (tertiary/aromatic N) is 2. The number of anilines is 1. The van der Waals surface area contributed by atoms with E-state index in [0.717, 1.165) is 13.1 Å². The van der Waals surface area contributed by atoms with E-state index in [9.17, 15) is 0 Å². The van der Waals surface area contributed by atoms with E-state index in [0.29, 0.717) is 10.5 Å². The molecular formula is C15H18ClN3S. The summed E-state index contributed by atoms with van der Waals surface area (Å²) in [7, 11) is 0. The van der Waals surface area contributed by atoms with Gasteiger partial charge in [-0.15, -0.1) is 23.7 Å². The Kier molecular flexibility index (Phi) is 3.48. The van der Waals surface area contributed by atoms with Crippen LogP contribution in [0.2, 0.25) is 0 Å². The van der Waals surface area contributed by atoms with Gasteiger partial charge in [0.2, 0.25) is 0 Å². The number of benzene rings is 1. The summed E-state index contributed by atoms with van der Waals surface area (Å²) in [6.45, 7) is 3.21. The van der Waals surface area contributed by atoms with Crippen molar-refractivity contribution in [2.75, 3.05) is 12.3 Å². The van der Waals surface area contributed by atoms with E-state index < -0.39 is 0 Å². The molecule has 1 aliphatic heterocycles. The minimum Gasteiger partial charge on any atom is -0.375 e. The lowest BCUT2D eigenvalue weighted by atomic mass is 9.87. The van der Waals surface area contributed by atoms with Crippen LogP contribution in [0, 0.1) is 0 Å². The number of nitrogen functional groups attached to an aromatic ring is 1. The highest BCUT2D eigenvalue weighted by molar-refractivity contribution is 7.15. The zero-order chi connectivity index (χ0) is 12.9. The van der Waals surface area contributed by atoms with Crippen LogP contribution in [-0.2, 0) is 18.5 Å². The van der Waals surface area contributed by atoms with Crippen molar-refractivity contribution in [2.24, 2.45) is 0 Å². The van der Waals surface area contributed by atoms with Crippen LogP contribution in [0.3, 0.4) is 0 Å². The molecule has 2 heterocycles. The first-order valence-electron chi connectivity index (χ1n) is 6.76. The largest absolute Gasteiger partial charge is 0.375 e. The van der Waals surface area contributed by atoms with Gasteiger partial charge in [0.1, 0.15) is 0 Å². The summed E-state index contributed by atoms with van der Waals surface area (Å²) < 4.78 is 0. The summed E-state index contributed by atoms with van der Waals surface area (Å²) in [6.07, 6.45) is 4.59. The molecule has 0 unspecified atom stereocenters. The normalized spacial score (nSPS) is 19.4. The predicted molar refractivity (Wildman–Crippen MR) is 85.2 cm³/mol. The van der Waals surface area contributed by atoms with Crippen molar-refractivity contribution in [3.05, 3.63) is 46.5 Å². The van der Waals surface area contributed by atoms with Gasteiger partial charge in [0.15, 0.2) is 5.13 Å². The van der Waals surface area contributed by atoms with Crippen molar-refractivity contribution in [1.29, 1.82) is 0 Å². The summed E-state index contributed by atoms with van der Waals surface area (Å²) in [4.78, 5) is 7.96. The van der Waals surface area contributed by atoms with E-state index in [4.69, 9.17) is 5.73 Å². The standard InChI is InChI=1S/C15H17N3S.ClH/c16-14-17-7-12(19-14)9-18-8-11-3-1-2-4-13(11)15(10-18)5-6-15;/h1-4,7H,5-6,8-10H2,(H2,16,17);1H. The molecular weight excluding hydrogens is 290 g/mol. The Balaban J connectivity index is 0.00000121. The molecule has 2 N–H and O–H groups in total. The fourth-order valence-electron chi connectivity index (χ4n) is 3.29. The van der Waals surface area contributed by atoms with Gasteiger partial charge >= 0.3 is 0 Å². The van der Waals surface area contributed by atoms with Gasteiger partial charge in [-0.05, 0) is 24.0 Å². The Morgan fingerprint density at radius 2 is 2.10 bits per heavy atom. The molecule has 0 radical (unpaired) electrons. The van der Waals surface area contributed by atoms with Crippen LogP contribution in [0.15, 0.2) is 30.5 Å². The predicted octanol–water partition coefficient (Wildman–Crippen LogP) is 3.19. The Morgan fingerprint density at radius 1 is 1.30 bits per heavy atom. The van der Waals surface area contributed by atoms with Gasteiger partial charge in [-0.1, -0.05) is 24.3 Å². The molecule has 20 heavy (non-hydrogen) atoms. The molecule has 3 nitrogen and oxygen atoms in total. The molecule has 1 fully saturated rings. The molecule has 1 spiro atoms. The molecule has 1 saturated carbocycles. The van der Waals surface area contributed by atoms with Crippen LogP contribution in [0.5, 0.6) is 0 Å². The molecule has 1 aliphatic carbocycles. The SMILES string of the molecule is Cl.Nc1ncc(CN2Cc3ccccc3C3(CC3)C2)s1. The van der Waals surface area contributed by atoms with Crippen LogP contribution in [0.1, 0.15) is 28.8 Å². The first-order valence-corrected chi connectivity index (χ1v) is 7.58. The topological polar surface area (TPSA) is 42.1 Å². The second kappa shape index (κ2) is 5.02. The summed E-state index contributed by atoms with van der Waals surface area (Å²) >= 11 is 1.61. The van der Waals surface area contributed by atoms with E-state index in [-0.39, 0.29) is 12.4 Å². The Morgan fingerprint density at radius 3 is 2.80 bits per heavy atom. The number of fused-ring (bicyclic) bond motifs is 2. The van der Waals surface area contributed by atoms with Crippen molar-refractivity contribution in [3.8, 4) is 0 Å². The highest BCUT2D eigenvalue weighted by Gasteiger charge is 2.48. The van der Waals surface area contributed by atoms with Gasteiger partial charge < -0.3 is 5.73 Å². The summed E-state index contributed by atoms with van der Waals surface area (Å²) in [5, 5.41) is 0.675. The molecule has 0 bridgehead atoms. The van der Waals surface area contributed by atoms with Gasteiger partial charge in [0.05, 0.1) is 0 Å². The lowest BCUT2D eigenvalue weighted by Gasteiger charge is -2.34. The lowest BCUT2D eigenvalue weighted by Crippen LogP contribution is -2.37. The molecule has 4 rings (SSSR count). The molecule has 0 saturated heterocycles. The maximum Gasteiger partial charge on any atom is 0.180 e. The summed E-state index contributed by atoms with van der Waals surface area (Å²) in [6, 6.07) is 8.94. The molecule has 2 aromatic rings. The number of rotatable bonds is 2. The van der Waals surface area contributed by atoms with Gasteiger partial charge in [-0.2, -0.15) is 0 Å². The fourth-order valence-corrected chi connectivity index (χ4v) is 4.02. The number of nitrogens with two attached hydrogens (primary N) is 1. The van der Waals surface area contributed by atoms with E-state index in [1.165, 1.54) is 29.8 Å². The van der Waals surface area contributed by atoms with Crippen molar-refractivity contribution >= 4 is 28.9 Å².